The van der Waals surface area contributed by atoms with E-state index in [4.69, 9.17) is 0 Å². The van der Waals surface area contributed by atoms with E-state index in [0.29, 0.717) is 18.8 Å². The smallest absolute Gasteiger partial charge is 0.319 e. The topological polar surface area (TPSA) is 76.8 Å². The fourth-order valence-corrected chi connectivity index (χ4v) is 2.00. The van der Waals surface area contributed by atoms with Gasteiger partial charge in [-0.25, -0.2) is 14.5 Å². The number of para-hydroxylation sites is 1. The predicted molar refractivity (Wildman–Crippen MR) is 82.8 cm³/mol. The van der Waals surface area contributed by atoms with Crippen LogP contribution >= 0.6 is 0 Å². The predicted octanol–water partition coefficient (Wildman–Crippen LogP) is 1.89. The summed E-state index contributed by atoms with van der Waals surface area (Å²) in [5, 5.41) is 9.76. The van der Waals surface area contributed by atoms with Crippen molar-refractivity contribution in [2.75, 3.05) is 11.9 Å². The molecule has 0 saturated heterocycles. The molecule has 0 unspecified atom stereocenters. The first-order chi connectivity index (χ1) is 10.8. The highest BCUT2D eigenvalue weighted by molar-refractivity contribution is 5.88. The van der Waals surface area contributed by atoms with Gasteiger partial charge in [0.25, 0.3) is 0 Å². The van der Waals surface area contributed by atoms with Crippen molar-refractivity contribution in [2.45, 2.75) is 6.54 Å². The molecule has 0 aliphatic rings. The molecular weight excluding hydrogens is 280 g/mol. The molecule has 0 aliphatic heterocycles. The molecule has 112 valence electrons. The highest BCUT2D eigenvalue weighted by Gasteiger charge is 2.04. The highest BCUT2D eigenvalue weighted by Crippen LogP contribution is 2.10. The van der Waals surface area contributed by atoms with Gasteiger partial charge in [0, 0.05) is 25.5 Å². The van der Waals surface area contributed by atoms with Gasteiger partial charge in [0.15, 0.2) is 0 Å². The molecule has 2 aromatic heterocycles. The lowest BCUT2D eigenvalue weighted by molar-refractivity contribution is 0.251. The van der Waals surface area contributed by atoms with Crippen LogP contribution in [0.3, 0.4) is 0 Å². The number of aromatic nitrogens is 4. The molecule has 0 radical (unpaired) electrons. The molecule has 7 heteroatoms. The molecular formula is C15H16N6O. The average molecular weight is 296 g/mol. The largest absolute Gasteiger partial charge is 0.336 e. The normalized spacial score (nSPS) is 10.4. The van der Waals surface area contributed by atoms with Gasteiger partial charge < -0.3 is 15.2 Å². The lowest BCUT2D eigenvalue weighted by Crippen LogP contribution is -2.31. The fraction of sp³-hybridized carbons (Fsp3) is 0.133. The Kier molecular flexibility index (Phi) is 4.15. The number of urea groups is 1. The molecule has 0 saturated carbocycles. The molecule has 22 heavy (non-hydrogen) atoms. The summed E-state index contributed by atoms with van der Waals surface area (Å²) in [5.74, 6) is 0. The van der Waals surface area contributed by atoms with E-state index in [0.717, 1.165) is 5.69 Å². The zero-order valence-corrected chi connectivity index (χ0v) is 11.9. The quantitative estimate of drug-likeness (QED) is 0.755. The van der Waals surface area contributed by atoms with E-state index in [2.05, 4.69) is 20.7 Å². The summed E-state index contributed by atoms with van der Waals surface area (Å²) < 4.78 is 3.61. The van der Waals surface area contributed by atoms with Crippen LogP contribution in [0.15, 0.2) is 61.4 Å². The van der Waals surface area contributed by atoms with Crippen LogP contribution < -0.4 is 10.6 Å². The molecule has 2 heterocycles. The monoisotopic (exact) mass is 296 g/mol. The zero-order chi connectivity index (χ0) is 15.2. The summed E-state index contributed by atoms with van der Waals surface area (Å²) in [6.45, 7) is 1.20. The first-order valence-corrected chi connectivity index (χ1v) is 6.92. The number of benzene rings is 1. The lowest BCUT2D eigenvalue weighted by atomic mass is 10.3. The van der Waals surface area contributed by atoms with Crippen molar-refractivity contribution < 1.29 is 4.79 Å². The van der Waals surface area contributed by atoms with Crippen LogP contribution in [0.4, 0.5) is 10.5 Å². The molecule has 0 atom stereocenters. The van der Waals surface area contributed by atoms with Crippen LogP contribution in [0.1, 0.15) is 0 Å². The number of carbonyl (C=O) groups excluding carboxylic acids is 1. The highest BCUT2D eigenvalue weighted by atomic mass is 16.2. The third-order valence-electron chi connectivity index (χ3n) is 3.08. The summed E-state index contributed by atoms with van der Waals surface area (Å²) >= 11 is 0. The van der Waals surface area contributed by atoms with Gasteiger partial charge in [-0.2, -0.15) is 5.10 Å². The third-order valence-corrected chi connectivity index (χ3v) is 3.08. The number of nitrogens with zero attached hydrogens (tertiary/aromatic N) is 4. The van der Waals surface area contributed by atoms with Crippen molar-refractivity contribution in [1.82, 2.24) is 24.6 Å². The molecule has 2 amide bonds. The van der Waals surface area contributed by atoms with Gasteiger partial charge >= 0.3 is 6.03 Å². The van der Waals surface area contributed by atoms with Gasteiger partial charge in [-0.05, 0) is 12.1 Å². The van der Waals surface area contributed by atoms with Crippen molar-refractivity contribution in [1.29, 1.82) is 0 Å². The minimum Gasteiger partial charge on any atom is -0.336 e. The Morgan fingerprint density at radius 2 is 2.09 bits per heavy atom. The Morgan fingerprint density at radius 1 is 1.23 bits per heavy atom. The van der Waals surface area contributed by atoms with Crippen LogP contribution in [0.5, 0.6) is 0 Å². The molecule has 7 nitrogen and oxygen atoms in total. The summed E-state index contributed by atoms with van der Waals surface area (Å²) in [4.78, 5) is 15.7. The first-order valence-electron chi connectivity index (χ1n) is 6.92. The number of imidazole rings is 1. The minimum atomic E-state index is -0.257. The number of amides is 2. The molecule has 0 fully saturated rings. The third kappa shape index (κ3) is 3.51. The van der Waals surface area contributed by atoms with Gasteiger partial charge in [0.05, 0.1) is 30.1 Å². The number of hydrogen-bond donors (Lipinski definition) is 2. The second kappa shape index (κ2) is 6.57. The van der Waals surface area contributed by atoms with Gasteiger partial charge in [-0.15, -0.1) is 0 Å². The Hall–Kier alpha value is -3.09. The minimum absolute atomic E-state index is 0.257. The molecule has 0 spiro atoms. The maximum Gasteiger partial charge on any atom is 0.319 e. The van der Waals surface area contributed by atoms with E-state index in [9.17, 15) is 4.79 Å². The number of anilines is 1. The summed E-state index contributed by atoms with van der Waals surface area (Å²) in [5.41, 5.74) is 1.58. The summed E-state index contributed by atoms with van der Waals surface area (Å²) in [7, 11) is 0. The second-order valence-electron chi connectivity index (χ2n) is 4.69. The van der Waals surface area contributed by atoms with Crippen molar-refractivity contribution in [2.24, 2.45) is 0 Å². The first kappa shape index (κ1) is 13.9. The van der Waals surface area contributed by atoms with Crippen molar-refractivity contribution >= 4 is 11.7 Å². The molecule has 2 N–H and O–H groups in total. The number of hydrogen-bond acceptors (Lipinski definition) is 3. The molecule has 0 aliphatic carbocycles. The van der Waals surface area contributed by atoms with E-state index >= 15 is 0 Å². The number of rotatable bonds is 5. The maximum atomic E-state index is 11.8. The standard InChI is InChI=1S/C15H16N6O/c22-15(17-7-9-20-8-6-16-12-20)19-13-10-18-21(11-13)14-4-2-1-3-5-14/h1-6,8,10-12H,7,9H2,(H2,17,19,22). The van der Waals surface area contributed by atoms with Gasteiger partial charge in [-0.3, -0.25) is 0 Å². The van der Waals surface area contributed by atoms with Crippen LogP contribution in [0, 0.1) is 0 Å². The average Bonchev–Trinajstić information content (AvgIpc) is 3.20. The Morgan fingerprint density at radius 3 is 2.86 bits per heavy atom. The number of carbonyl (C=O) groups is 1. The van der Waals surface area contributed by atoms with E-state index < -0.39 is 0 Å². The van der Waals surface area contributed by atoms with Crippen molar-refractivity contribution in [3.05, 3.63) is 61.4 Å². The molecule has 1 aromatic carbocycles. The van der Waals surface area contributed by atoms with E-state index in [1.54, 1.807) is 29.6 Å². The molecule has 3 rings (SSSR count). The van der Waals surface area contributed by atoms with E-state index in [1.807, 2.05) is 41.1 Å². The van der Waals surface area contributed by atoms with Crippen LogP contribution in [0.2, 0.25) is 0 Å². The fourth-order valence-electron chi connectivity index (χ4n) is 2.00. The van der Waals surface area contributed by atoms with Crippen LogP contribution in [-0.4, -0.2) is 31.9 Å². The van der Waals surface area contributed by atoms with Crippen LogP contribution in [-0.2, 0) is 6.54 Å². The summed E-state index contributed by atoms with van der Waals surface area (Å²) in [6.07, 6.45) is 8.65. The zero-order valence-electron chi connectivity index (χ0n) is 11.9. The summed E-state index contributed by atoms with van der Waals surface area (Å²) in [6, 6.07) is 9.46. The Balaban J connectivity index is 1.50. The lowest BCUT2D eigenvalue weighted by Gasteiger charge is -2.06. The van der Waals surface area contributed by atoms with E-state index in [1.165, 1.54) is 0 Å². The Bertz CT molecular complexity index is 720. The maximum absolute atomic E-state index is 11.8. The van der Waals surface area contributed by atoms with Gasteiger partial charge in [0.1, 0.15) is 0 Å². The molecule has 3 aromatic rings. The molecule has 0 bridgehead atoms. The van der Waals surface area contributed by atoms with Crippen molar-refractivity contribution in [3.8, 4) is 5.69 Å². The van der Waals surface area contributed by atoms with E-state index in [-0.39, 0.29) is 6.03 Å². The number of nitrogens with one attached hydrogen (secondary N) is 2. The second-order valence-corrected chi connectivity index (χ2v) is 4.69. The van der Waals surface area contributed by atoms with Gasteiger partial charge in [-0.1, -0.05) is 18.2 Å². The van der Waals surface area contributed by atoms with Gasteiger partial charge in [0.2, 0.25) is 0 Å². The SMILES string of the molecule is O=C(NCCn1ccnc1)Nc1cnn(-c2ccccc2)c1. The van der Waals surface area contributed by atoms with Crippen LogP contribution in [0.25, 0.3) is 5.69 Å². The van der Waals surface area contributed by atoms with Crippen molar-refractivity contribution in [3.63, 3.8) is 0 Å². The Labute approximate surface area is 127 Å².